The lowest BCUT2D eigenvalue weighted by molar-refractivity contribution is -0.140. The third-order valence-corrected chi connectivity index (χ3v) is 4.16. The summed E-state index contributed by atoms with van der Waals surface area (Å²) in [5, 5.41) is 9.17. The summed E-state index contributed by atoms with van der Waals surface area (Å²) in [4.78, 5) is 22.1. The number of esters is 1. The van der Waals surface area contributed by atoms with Crippen LogP contribution in [0.15, 0.2) is 30.3 Å². The number of carboxylic acid groups (broad SMARTS) is 1. The standard InChI is InChI=1S/C13H17NO6S/c1-20-12(15)7-8-21(18,19)14-9-11(13(16)17)10-5-3-2-4-6-10/h2-6,11,14H,7-9H2,1H3,(H,16,17). The molecule has 0 amide bonds. The zero-order valence-electron chi connectivity index (χ0n) is 11.5. The van der Waals surface area contributed by atoms with Crippen LogP contribution in [0.3, 0.4) is 0 Å². The van der Waals surface area contributed by atoms with Gasteiger partial charge >= 0.3 is 11.9 Å². The SMILES string of the molecule is COC(=O)CCS(=O)(=O)NCC(C(=O)O)c1ccccc1. The Hall–Kier alpha value is -1.93. The van der Waals surface area contributed by atoms with Crippen LogP contribution < -0.4 is 4.72 Å². The van der Waals surface area contributed by atoms with Gasteiger partial charge in [-0.1, -0.05) is 30.3 Å². The molecule has 0 radical (unpaired) electrons. The molecule has 1 unspecified atom stereocenters. The van der Waals surface area contributed by atoms with Gasteiger partial charge in [0, 0.05) is 6.54 Å². The first-order valence-corrected chi connectivity index (χ1v) is 7.83. The number of aliphatic carboxylic acids is 1. The van der Waals surface area contributed by atoms with Crippen molar-refractivity contribution in [2.75, 3.05) is 19.4 Å². The maximum Gasteiger partial charge on any atom is 0.312 e. The molecule has 0 aliphatic rings. The van der Waals surface area contributed by atoms with Gasteiger partial charge in [0.15, 0.2) is 0 Å². The minimum atomic E-state index is -3.74. The van der Waals surface area contributed by atoms with Gasteiger partial charge in [-0.3, -0.25) is 9.59 Å². The van der Waals surface area contributed by atoms with E-state index in [1.54, 1.807) is 30.3 Å². The third kappa shape index (κ3) is 5.92. The van der Waals surface area contributed by atoms with E-state index in [0.717, 1.165) is 7.11 Å². The van der Waals surface area contributed by atoms with Crippen LogP contribution in [0, 0.1) is 0 Å². The van der Waals surface area contributed by atoms with Gasteiger partial charge in [-0.2, -0.15) is 0 Å². The summed E-state index contributed by atoms with van der Waals surface area (Å²) >= 11 is 0. The number of sulfonamides is 1. The number of benzene rings is 1. The maximum absolute atomic E-state index is 11.7. The molecular formula is C13H17NO6S. The molecular weight excluding hydrogens is 298 g/mol. The summed E-state index contributed by atoms with van der Waals surface area (Å²) in [5.74, 6) is -3.20. The van der Waals surface area contributed by atoms with E-state index in [4.69, 9.17) is 0 Å². The van der Waals surface area contributed by atoms with Gasteiger partial charge in [0.1, 0.15) is 0 Å². The number of carbonyl (C=O) groups excluding carboxylic acids is 1. The summed E-state index contributed by atoms with van der Waals surface area (Å²) in [7, 11) is -2.57. The summed E-state index contributed by atoms with van der Waals surface area (Å²) < 4.78 is 30.0. The molecule has 1 atom stereocenters. The van der Waals surface area contributed by atoms with Crippen molar-refractivity contribution in [3.8, 4) is 0 Å². The van der Waals surface area contributed by atoms with E-state index in [1.165, 1.54) is 0 Å². The van der Waals surface area contributed by atoms with Gasteiger partial charge < -0.3 is 9.84 Å². The van der Waals surface area contributed by atoms with E-state index < -0.39 is 33.6 Å². The van der Waals surface area contributed by atoms with E-state index in [0.29, 0.717) is 5.56 Å². The van der Waals surface area contributed by atoms with Crippen LogP contribution in [-0.2, 0) is 24.3 Å². The molecule has 0 aliphatic carbocycles. The summed E-state index contributed by atoms with van der Waals surface area (Å²) in [5.41, 5.74) is 0.501. The smallest absolute Gasteiger partial charge is 0.312 e. The van der Waals surface area contributed by atoms with Gasteiger partial charge in [0.25, 0.3) is 0 Å². The monoisotopic (exact) mass is 315 g/mol. The Bertz CT molecular complexity index is 584. The highest BCUT2D eigenvalue weighted by atomic mass is 32.2. The Balaban J connectivity index is 2.66. The van der Waals surface area contributed by atoms with Crippen molar-refractivity contribution in [3.63, 3.8) is 0 Å². The molecule has 7 nitrogen and oxygen atoms in total. The zero-order valence-corrected chi connectivity index (χ0v) is 12.3. The van der Waals surface area contributed by atoms with Crippen LogP contribution in [0.2, 0.25) is 0 Å². The van der Waals surface area contributed by atoms with Crippen molar-refractivity contribution in [1.29, 1.82) is 0 Å². The van der Waals surface area contributed by atoms with Crippen molar-refractivity contribution >= 4 is 22.0 Å². The van der Waals surface area contributed by atoms with E-state index in [2.05, 4.69) is 9.46 Å². The molecule has 0 bridgehead atoms. The number of carboxylic acids is 1. The Labute approximate surface area is 123 Å². The van der Waals surface area contributed by atoms with Gasteiger partial charge in [0.05, 0.1) is 25.2 Å². The third-order valence-electron chi connectivity index (χ3n) is 2.81. The predicted octanol–water partition coefficient (Wildman–Crippen LogP) is 0.337. The van der Waals surface area contributed by atoms with Crippen LogP contribution >= 0.6 is 0 Å². The number of nitrogens with one attached hydrogen (secondary N) is 1. The molecule has 1 aromatic rings. The molecule has 0 aliphatic heterocycles. The van der Waals surface area contributed by atoms with Crippen molar-refractivity contribution in [2.24, 2.45) is 0 Å². The lowest BCUT2D eigenvalue weighted by Crippen LogP contribution is -2.33. The number of methoxy groups -OCH3 is 1. The average molecular weight is 315 g/mol. The van der Waals surface area contributed by atoms with Crippen molar-refractivity contribution in [3.05, 3.63) is 35.9 Å². The summed E-state index contributed by atoms with van der Waals surface area (Å²) in [6, 6.07) is 8.32. The van der Waals surface area contributed by atoms with E-state index in [1.807, 2.05) is 0 Å². The quantitative estimate of drug-likeness (QED) is 0.669. The first kappa shape index (κ1) is 17.1. The Morgan fingerprint density at radius 3 is 2.43 bits per heavy atom. The fourth-order valence-corrected chi connectivity index (χ4v) is 2.64. The second-order valence-electron chi connectivity index (χ2n) is 4.29. The van der Waals surface area contributed by atoms with Crippen LogP contribution in [0.1, 0.15) is 17.9 Å². The van der Waals surface area contributed by atoms with Crippen molar-refractivity contribution < 1.29 is 27.9 Å². The number of hydrogen-bond donors (Lipinski definition) is 2. The largest absolute Gasteiger partial charge is 0.481 e. The minimum absolute atomic E-state index is 0.275. The molecule has 0 aromatic heterocycles. The normalized spacial score (nSPS) is 12.6. The Kier molecular flexibility index (Phi) is 6.32. The van der Waals surface area contributed by atoms with E-state index in [9.17, 15) is 23.1 Å². The number of ether oxygens (including phenoxy) is 1. The molecule has 0 heterocycles. The highest BCUT2D eigenvalue weighted by molar-refractivity contribution is 7.89. The zero-order chi connectivity index (χ0) is 15.9. The molecule has 1 rings (SSSR count). The fourth-order valence-electron chi connectivity index (χ4n) is 1.64. The van der Waals surface area contributed by atoms with Crippen LogP contribution in [0.25, 0.3) is 0 Å². The van der Waals surface area contributed by atoms with Gasteiger partial charge in [0.2, 0.25) is 10.0 Å². The van der Waals surface area contributed by atoms with Crippen LogP contribution in [-0.4, -0.2) is 44.9 Å². The first-order chi connectivity index (χ1) is 9.85. The van der Waals surface area contributed by atoms with E-state index >= 15 is 0 Å². The molecule has 2 N–H and O–H groups in total. The van der Waals surface area contributed by atoms with Crippen LogP contribution in [0.4, 0.5) is 0 Å². The lowest BCUT2D eigenvalue weighted by atomic mass is 10.00. The number of rotatable bonds is 8. The number of carbonyl (C=O) groups is 2. The summed E-state index contributed by atoms with van der Waals surface area (Å²) in [6.45, 7) is -0.275. The molecule has 1 aromatic carbocycles. The Morgan fingerprint density at radius 2 is 1.90 bits per heavy atom. The predicted molar refractivity (Wildman–Crippen MR) is 75.2 cm³/mol. The summed E-state index contributed by atoms with van der Waals surface area (Å²) in [6.07, 6.45) is -0.283. The topological polar surface area (TPSA) is 110 Å². The second-order valence-corrected chi connectivity index (χ2v) is 6.22. The molecule has 21 heavy (non-hydrogen) atoms. The lowest BCUT2D eigenvalue weighted by Gasteiger charge is -2.13. The van der Waals surface area contributed by atoms with Gasteiger partial charge in [-0.15, -0.1) is 0 Å². The van der Waals surface area contributed by atoms with E-state index in [-0.39, 0.29) is 13.0 Å². The number of hydrogen-bond acceptors (Lipinski definition) is 5. The molecule has 0 spiro atoms. The highest BCUT2D eigenvalue weighted by Gasteiger charge is 2.22. The van der Waals surface area contributed by atoms with Crippen LogP contribution in [0.5, 0.6) is 0 Å². The van der Waals surface area contributed by atoms with Gasteiger partial charge in [-0.05, 0) is 5.56 Å². The van der Waals surface area contributed by atoms with Crippen molar-refractivity contribution in [1.82, 2.24) is 4.72 Å². The Morgan fingerprint density at radius 1 is 1.29 bits per heavy atom. The molecule has 0 saturated carbocycles. The van der Waals surface area contributed by atoms with Gasteiger partial charge in [-0.25, -0.2) is 13.1 Å². The molecule has 0 saturated heterocycles. The minimum Gasteiger partial charge on any atom is -0.481 e. The van der Waals surface area contributed by atoms with Crippen molar-refractivity contribution in [2.45, 2.75) is 12.3 Å². The molecule has 8 heteroatoms. The second kappa shape index (κ2) is 7.75. The fraction of sp³-hybridized carbons (Fsp3) is 0.385. The highest BCUT2D eigenvalue weighted by Crippen LogP contribution is 2.15. The first-order valence-electron chi connectivity index (χ1n) is 6.17. The molecule has 0 fully saturated rings. The average Bonchev–Trinajstić information content (AvgIpc) is 2.45. The molecule has 116 valence electrons. The maximum atomic E-state index is 11.7.